The summed E-state index contributed by atoms with van der Waals surface area (Å²) in [7, 11) is 5.78. The maximum atomic E-state index is 12.2. The summed E-state index contributed by atoms with van der Waals surface area (Å²) in [4.78, 5) is 23.8. The number of carbonyl (C=O) groups excluding carboxylic acids is 2. The standard InChI is InChI=1S/C19H20O7/c1-22-15-8-12(9-16(23-2)18(15)24-3)10-17(20)26-14-7-5-6-13(11-14)19(21)25-4/h5-9,11H,10H2,1-4H3. The molecule has 2 aromatic rings. The molecule has 0 aromatic heterocycles. The first-order chi connectivity index (χ1) is 12.5. The highest BCUT2D eigenvalue weighted by Gasteiger charge is 2.16. The van der Waals surface area contributed by atoms with Crippen molar-refractivity contribution in [3.63, 3.8) is 0 Å². The molecule has 0 amide bonds. The molecule has 0 aliphatic rings. The fourth-order valence-electron chi connectivity index (χ4n) is 2.38. The van der Waals surface area contributed by atoms with Crippen LogP contribution < -0.4 is 18.9 Å². The molecule has 7 nitrogen and oxygen atoms in total. The molecule has 138 valence electrons. The van der Waals surface area contributed by atoms with Gasteiger partial charge in [0.25, 0.3) is 0 Å². The Morgan fingerprint density at radius 2 is 1.54 bits per heavy atom. The Morgan fingerprint density at radius 1 is 0.885 bits per heavy atom. The van der Waals surface area contributed by atoms with E-state index in [0.717, 1.165) is 0 Å². The molecule has 0 saturated carbocycles. The summed E-state index contributed by atoms with van der Waals surface area (Å²) < 4.78 is 25.7. The van der Waals surface area contributed by atoms with Gasteiger partial charge in [0, 0.05) is 0 Å². The Hall–Kier alpha value is -3.22. The second kappa shape index (κ2) is 8.75. The molecule has 0 fully saturated rings. The highest BCUT2D eigenvalue weighted by molar-refractivity contribution is 5.90. The third-order valence-electron chi connectivity index (χ3n) is 3.56. The molecule has 0 bridgehead atoms. The van der Waals surface area contributed by atoms with E-state index in [0.29, 0.717) is 28.4 Å². The number of carbonyl (C=O) groups is 2. The molecule has 2 rings (SSSR count). The van der Waals surface area contributed by atoms with E-state index in [2.05, 4.69) is 4.74 Å². The number of hydrogen-bond donors (Lipinski definition) is 0. The molecule has 0 atom stereocenters. The third-order valence-corrected chi connectivity index (χ3v) is 3.56. The van der Waals surface area contributed by atoms with Gasteiger partial charge in [-0.25, -0.2) is 4.79 Å². The largest absolute Gasteiger partial charge is 0.493 e. The molecule has 0 aliphatic heterocycles. The number of rotatable bonds is 7. The number of methoxy groups -OCH3 is 4. The smallest absolute Gasteiger partial charge is 0.337 e. The molecular formula is C19H20O7. The molecule has 0 spiro atoms. The molecular weight excluding hydrogens is 340 g/mol. The van der Waals surface area contributed by atoms with Gasteiger partial charge in [0.2, 0.25) is 5.75 Å². The molecule has 0 radical (unpaired) electrons. The number of ether oxygens (including phenoxy) is 5. The van der Waals surface area contributed by atoms with Gasteiger partial charge in [-0.1, -0.05) is 6.07 Å². The molecule has 0 heterocycles. The predicted octanol–water partition coefficient (Wildman–Crippen LogP) is 2.65. The zero-order valence-electron chi connectivity index (χ0n) is 15.0. The molecule has 0 aliphatic carbocycles. The van der Waals surface area contributed by atoms with Crippen molar-refractivity contribution in [1.82, 2.24) is 0 Å². The van der Waals surface area contributed by atoms with E-state index in [-0.39, 0.29) is 12.2 Å². The summed E-state index contributed by atoms with van der Waals surface area (Å²) in [5.74, 6) is 0.585. The molecule has 26 heavy (non-hydrogen) atoms. The molecule has 0 N–H and O–H groups in total. The van der Waals surface area contributed by atoms with Crippen LogP contribution in [0.15, 0.2) is 36.4 Å². The minimum absolute atomic E-state index is 0.0147. The van der Waals surface area contributed by atoms with Crippen LogP contribution in [0.1, 0.15) is 15.9 Å². The second-order valence-electron chi connectivity index (χ2n) is 5.20. The van der Waals surface area contributed by atoms with Crippen molar-refractivity contribution in [2.24, 2.45) is 0 Å². The topological polar surface area (TPSA) is 80.3 Å². The first-order valence-electron chi connectivity index (χ1n) is 7.70. The third kappa shape index (κ3) is 4.44. The van der Waals surface area contributed by atoms with E-state index >= 15 is 0 Å². The summed E-state index contributed by atoms with van der Waals surface area (Å²) in [6.07, 6.45) is -0.0147. The monoisotopic (exact) mass is 360 g/mol. The lowest BCUT2D eigenvalue weighted by atomic mass is 10.1. The molecule has 2 aromatic carbocycles. The van der Waals surface area contributed by atoms with Gasteiger partial charge in [-0.3, -0.25) is 4.79 Å². The zero-order chi connectivity index (χ0) is 19.1. The molecule has 0 saturated heterocycles. The summed E-state index contributed by atoms with van der Waals surface area (Å²) in [5.41, 5.74) is 0.930. The van der Waals surface area contributed by atoms with Gasteiger partial charge in [-0.15, -0.1) is 0 Å². The van der Waals surface area contributed by atoms with Gasteiger partial charge in [0.1, 0.15) is 5.75 Å². The quantitative estimate of drug-likeness (QED) is 0.555. The van der Waals surface area contributed by atoms with Crippen molar-refractivity contribution < 1.29 is 33.3 Å². The molecule has 0 unspecified atom stereocenters. The van der Waals surface area contributed by atoms with E-state index < -0.39 is 11.9 Å². The highest BCUT2D eigenvalue weighted by Crippen LogP contribution is 2.38. The van der Waals surface area contributed by atoms with Crippen molar-refractivity contribution in [2.45, 2.75) is 6.42 Å². The fourth-order valence-corrected chi connectivity index (χ4v) is 2.38. The number of hydrogen-bond acceptors (Lipinski definition) is 7. The van der Waals surface area contributed by atoms with E-state index in [4.69, 9.17) is 18.9 Å². The van der Waals surface area contributed by atoms with E-state index in [1.165, 1.54) is 34.5 Å². The maximum Gasteiger partial charge on any atom is 0.337 e. The van der Waals surface area contributed by atoms with Crippen molar-refractivity contribution in [3.8, 4) is 23.0 Å². The SMILES string of the molecule is COC(=O)c1cccc(OC(=O)Cc2cc(OC)c(OC)c(OC)c2)c1. The Balaban J connectivity index is 2.16. The first-order valence-corrected chi connectivity index (χ1v) is 7.70. The summed E-state index contributed by atoms with van der Waals surface area (Å²) >= 11 is 0. The van der Waals surface area contributed by atoms with Gasteiger partial charge in [-0.2, -0.15) is 0 Å². The van der Waals surface area contributed by atoms with Crippen LogP contribution in [-0.4, -0.2) is 40.4 Å². The van der Waals surface area contributed by atoms with Gasteiger partial charge in [-0.05, 0) is 35.9 Å². The fraction of sp³-hybridized carbons (Fsp3) is 0.263. The van der Waals surface area contributed by atoms with Crippen LogP contribution in [0, 0.1) is 0 Å². The number of esters is 2. The zero-order valence-corrected chi connectivity index (χ0v) is 15.0. The lowest BCUT2D eigenvalue weighted by Gasteiger charge is -2.14. The van der Waals surface area contributed by atoms with Crippen molar-refractivity contribution in [2.75, 3.05) is 28.4 Å². The predicted molar refractivity (Wildman–Crippen MR) is 93.2 cm³/mol. The Morgan fingerprint density at radius 3 is 2.08 bits per heavy atom. The average Bonchev–Trinajstić information content (AvgIpc) is 2.66. The lowest BCUT2D eigenvalue weighted by molar-refractivity contribution is -0.133. The van der Waals surface area contributed by atoms with Crippen LogP contribution in [0.3, 0.4) is 0 Å². The maximum absolute atomic E-state index is 12.2. The Kier molecular flexibility index (Phi) is 6.43. The van der Waals surface area contributed by atoms with Gasteiger partial charge >= 0.3 is 11.9 Å². The van der Waals surface area contributed by atoms with E-state index in [1.807, 2.05) is 0 Å². The second-order valence-corrected chi connectivity index (χ2v) is 5.20. The van der Waals surface area contributed by atoms with Crippen molar-refractivity contribution in [1.29, 1.82) is 0 Å². The lowest BCUT2D eigenvalue weighted by Crippen LogP contribution is -2.12. The van der Waals surface area contributed by atoms with Crippen LogP contribution in [0.4, 0.5) is 0 Å². The van der Waals surface area contributed by atoms with Crippen LogP contribution in [0.2, 0.25) is 0 Å². The van der Waals surface area contributed by atoms with Crippen LogP contribution in [-0.2, 0) is 16.0 Å². The van der Waals surface area contributed by atoms with E-state index in [1.54, 1.807) is 30.3 Å². The summed E-state index contributed by atoms with van der Waals surface area (Å²) in [6.45, 7) is 0. The van der Waals surface area contributed by atoms with E-state index in [9.17, 15) is 9.59 Å². The van der Waals surface area contributed by atoms with Gasteiger partial charge in [0.05, 0.1) is 40.4 Å². The highest BCUT2D eigenvalue weighted by atomic mass is 16.5. The first kappa shape index (κ1) is 19.1. The Labute approximate surface area is 151 Å². The van der Waals surface area contributed by atoms with Crippen LogP contribution in [0.5, 0.6) is 23.0 Å². The number of benzene rings is 2. The van der Waals surface area contributed by atoms with Crippen molar-refractivity contribution >= 4 is 11.9 Å². The van der Waals surface area contributed by atoms with Gasteiger partial charge in [0.15, 0.2) is 11.5 Å². The molecule has 7 heteroatoms. The summed E-state index contributed by atoms with van der Waals surface area (Å²) in [6, 6.07) is 9.55. The average molecular weight is 360 g/mol. The Bertz CT molecular complexity index is 773. The van der Waals surface area contributed by atoms with Crippen LogP contribution in [0.25, 0.3) is 0 Å². The van der Waals surface area contributed by atoms with Gasteiger partial charge < -0.3 is 23.7 Å². The van der Waals surface area contributed by atoms with Crippen LogP contribution >= 0.6 is 0 Å². The summed E-state index contributed by atoms with van der Waals surface area (Å²) in [5, 5.41) is 0. The van der Waals surface area contributed by atoms with Crippen molar-refractivity contribution in [3.05, 3.63) is 47.5 Å². The minimum Gasteiger partial charge on any atom is -0.493 e. The normalized spacial score (nSPS) is 10.0. The minimum atomic E-state index is -0.507.